The first kappa shape index (κ1) is 21.8. The van der Waals surface area contributed by atoms with Crippen LogP contribution >= 0.6 is 11.3 Å². The SMILES string of the molecule is CCNC(=NCc1cccc(C)c1)NCc1ccc(S(=O)(=O)N2CCOCC2)s1. The van der Waals surface area contributed by atoms with Crippen LogP contribution in [0.5, 0.6) is 0 Å². The first-order valence-electron chi connectivity index (χ1n) is 9.73. The number of benzene rings is 1. The fourth-order valence-corrected chi connectivity index (χ4v) is 5.86. The summed E-state index contributed by atoms with van der Waals surface area (Å²) in [6.45, 7) is 7.64. The molecule has 0 aliphatic carbocycles. The van der Waals surface area contributed by atoms with Crippen LogP contribution in [0, 0.1) is 6.92 Å². The standard InChI is InChI=1S/C20H28N4O3S2/c1-3-21-20(22-14-17-6-4-5-16(2)13-17)23-15-18-7-8-19(28-18)29(25,26)24-9-11-27-12-10-24/h4-8,13H,3,9-12,14-15H2,1-2H3,(H2,21,22,23). The maximum atomic E-state index is 12.8. The van der Waals surface area contributed by atoms with Gasteiger partial charge in [0.15, 0.2) is 5.96 Å². The number of sulfonamides is 1. The molecule has 158 valence electrons. The summed E-state index contributed by atoms with van der Waals surface area (Å²) in [5.74, 6) is 0.708. The molecule has 7 nitrogen and oxygen atoms in total. The topological polar surface area (TPSA) is 83.0 Å². The monoisotopic (exact) mass is 436 g/mol. The Morgan fingerprint density at radius 3 is 2.72 bits per heavy atom. The van der Waals surface area contributed by atoms with Gasteiger partial charge in [0.25, 0.3) is 10.0 Å². The smallest absolute Gasteiger partial charge is 0.252 e. The lowest BCUT2D eigenvalue weighted by atomic mass is 10.1. The zero-order valence-corrected chi connectivity index (χ0v) is 18.5. The normalized spacial score (nSPS) is 16.0. The van der Waals surface area contributed by atoms with Gasteiger partial charge in [-0.25, -0.2) is 13.4 Å². The van der Waals surface area contributed by atoms with Crippen molar-refractivity contribution in [2.45, 2.75) is 31.1 Å². The summed E-state index contributed by atoms with van der Waals surface area (Å²) in [4.78, 5) is 5.57. The molecule has 1 aliphatic heterocycles. The molecule has 1 aromatic heterocycles. The number of rotatable bonds is 7. The molecular formula is C20H28N4O3S2. The minimum Gasteiger partial charge on any atom is -0.379 e. The van der Waals surface area contributed by atoms with Crippen LogP contribution in [0.15, 0.2) is 45.6 Å². The van der Waals surface area contributed by atoms with E-state index in [0.717, 1.165) is 17.0 Å². The van der Waals surface area contributed by atoms with Crippen molar-refractivity contribution in [2.24, 2.45) is 4.99 Å². The number of thiophene rings is 1. The number of nitrogens with one attached hydrogen (secondary N) is 2. The van der Waals surface area contributed by atoms with Gasteiger partial charge >= 0.3 is 0 Å². The Hall–Kier alpha value is -1.94. The number of guanidine groups is 1. The molecule has 0 saturated carbocycles. The van der Waals surface area contributed by atoms with Gasteiger partial charge in [0.1, 0.15) is 4.21 Å². The van der Waals surface area contributed by atoms with Crippen LogP contribution in [0.4, 0.5) is 0 Å². The number of hydrogen-bond donors (Lipinski definition) is 2. The van der Waals surface area contributed by atoms with Gasteiger partial charge in [-0.15, -0.1) is 11.3 Å². The molecule has 0 spiro atoms. The predicted molar refractivity (Wildman–Crippen MR) is 117 cm³/mol. The lowest BCUT2D eigenvalue weighted by Gasteiger charge is -2.25. The highest BCUT2D eigenvalue weighted by Gasteiger charge is 2.27. The minimum atomic E-state index is -3.44. The van der Waals surface area contributed by atoms with E-state index >= 15 is 0 Å². The fourth-order valence-electron chi connectivity index (χ4n) is 3.00. The van der Waals surface area contributed by atoms with E-state index < -0.39 is 10.0 Å². The molecule has 2 aromatic rings. The van der Waals surface area contributed by atoms with Crippen LogP contribution in [-0.4, -0.2) is 51.5 Å². The third-order valence-electron chi connectivity index (χ3n) is 4.48. The largest absolute Gasteiger partial charge is 0.379 e. The highest BCUT2D eigenvalue weighted by molar-refractivity contribution is 7.91. The number of aliphatic imine (C=N–C) groups is 1. The number of aryl methyl sites for hydroxylation is 1. The van der Waals surface area contributed by atoms with Crippen LogP contribution in [0.3, 0.4) is 0 Å². The summed E-state index contributed by atoms with van der Waals surface area (Å²) in [5, 5.41) is 6.52. The van der Waals surface area contributed by atoms with Gasteiger partial charge in [0.05, 0.1) is 26.3 Å². The summed E-state index contributed by atoms with van der Waals surface area (Å²) in [6, 6.07) is 11.8. The van der Waals surface area contributed by atoms with Crippen LogP contribution in [0.25, 0.3) is 0 Å². The van der Waals surface area contributed by atoms with Gasteiger partial charge in [-0.3, -0.25) is 0 Å². The highest BCUT2D eigenvalue weighted by atomic mass is 32.2. The number of ether oxygens (including phenoxy) is 1. The van der Waals surface area contributed by atoms with E-state index in [1.54, 1.807) is 6.07 Å². The summed E-state index contributed by atoms with van der Waals surface area (Å²) in [6.07, 6.45) is 0. The maximum absolute atomic E-state index is 12.8. The molecule has 3 rings (SSSR count). The van der Waals surface area contributed by atoms with E-state index in [2.05, 4.69) is 40.7 Å². The molecule has 0 radical (unpaired) electrons. The number of hydrogen-bond acceptors (Lipinski definition) is 5. The van der Waals surface area contributed by atoms with Crippen LogP contribution in [-0.2, 0) is 27.8 Å². The summed E-state index contributed by atoms with van der Waals surface area (Å²) < 4.78 is 32.6. The zero-order chi connectivity index (χ0) is 20.7. The van der Waals surface area contributed by atoms with Crippen molar-refractivity contribution in [2.75, 3.05) is 32.8 Å². The Labute approximate surface area is 176 Å². The minimum absolute atomic E-state index is 0.373. The van der Waals surface area contributed by atoms with E-state index in [1.807, 2.05) is 19.1 Å². The third kappa shape index (κ3) is 6.02. The van der Waals surface area contributed by atoms with Crippen molar-refractivity contribution in [1.29, 1.82) is 0 Å². The molecule has 1 aromatic carbocycles. The van der Waals surface area contributed by atoms with Gasteiger partial charge < -0.3 is 15.4 Å². The second kappa shape index (κ2) is 10.2. The fraction of sp³-hybridized carbons (Fsp3) is 0.450. The van der Waals surface area contributed by atoms with Crippen LogP contribution in [0.1, 0.15) is 22.9 Å². The first-order valence-corrected chi connectivity index (χ1v) is 12.0. The maximum Gasteiger partial charge on any atom is 0.252 e. The molecule has 1 saturated heterocycles. The molecule has 0 unspecified atom stereocenters. The highest BCUT2D eigenvalue weighted by Crippen LogP contribution is 2.25. The lowest BCUT2D eigenvalue weighted by Crippen LogP contribution is -2.40. The van der Waals surface area contributed by atoms with Crippen molar-refractivity contribution in [1.82, 2.24) is 14.9 Å². The molecule has 0 amide bonds. The third-order valence-corrected chi connectivity index (χ3v) is 7.93. The van der Waals surface area contributed by atoms with Gasteiger partial charge in [-0.2, -0.15) is 4.31 Å². The summed E-state index contributed by atoms with van der Waals surface area (Å²) in [5.41, 5.74) is 2.36. The van der Waals surface area contributed by atoms with Crippen molar-refractivity contribution >= 4 is 27.3 Å². The van der Waals surface area contributed by atoms with Crippen molar-refractivity contribution < 1.29 is 13.2 Å². The molecule has 2 N–H and O–H groups in total. The van der Waals surface area contributed by atoms with E-state index in [9.17, 15) is 8.42 Å². The van der Waals surface area contributed by atoms with Gasteiger partial charge in [-0.1, -0.05) is 29.8 Å². The Bertz CT molecular complexity index is 935. The molecule has 0 bridgehead atoms. The van der Waals surface area contributed by atoms with Crippen molar-refractivity contribution in [3.05, 3.63) is 52.4 Å². The van der Waals surface area contributed by atoms with Crippen molar-refractivity contribution in [3.8, 4) is 0 Å². The molecule has 29 heavy (non-hydrogen) atoms. The van der Waals surface area contributed by atoms with Crippen LogP contribution in [0.2, 0.25) is 0 Å². The van der Waals surface area contributed by atoms with E-state index in [0.29, 0.717) is 49.6 Å². The van der Waals surface area contributed by atoms with E-state index in [4.69, 9.17) is 4.74 Å². The first-order chi connectivity index (χ1) is 14.0. The second-order valence-electron chi connectivity index (χ2n) is 6.77. The predicted octanol–water partition coefficient (Wildman–Crippen LogP) is 2.33. The zero-order valence-electron chi connectivity index (χ0n) is 16.8. The van der Waals surface area contributed by atoms with Crippen LogP contribution < -0.4 is 10.6 Å². The average molecular weight is 437 g/mol. The Morgan fingerprint density at radius 2 is 2.00 bits per heavy atom. The Kier molecular flexibility index (Phi) is 7.65. The van der Waals surface area contributed by atoms with E-state index in [-0.39, 0.29) is 0 Å². The lowest BCUT2D eigenvalue weighted by molar-refractivity contribution is 0.0731. The number of morpholine rings is 1. The summed E-state index contributed by atoms with van der Waals surface area (Å²) >= 11 is 1.29. The molecule has 1 aliphatic rings. The average Bonchev–Trinajstić information content (AvgIpc) is 3.21. The molecule has 9 heteroatoms. The van der Waals surface area contributed by atoms with Gasteiger partial charge in [-0.05, 0) is 31.5 Å². The quantitative estimate of drug-likeness (QED) is 0.514. The Balaban J connectivity index is 1.62. The molecular weight excluding hydrogens is 408 g/mol. The van der Waals surface area contributed by atoms with Crippen molar-refractivity contribution in [3.63, 3.8) is 0 Å². The summed E-state index contributed by atoms with van der Waals surface area (Å²) in [7, 11) is -3.44. The van der Waals surface area contributed by atoms with E-state index in [1.165, 1.54) is 21.2 Å². The van der Waals surface area contributed by atoms with Gasteiger partial charge in [0, 0.05) is 24.5 Å². The molecule has 0 atom stereocenters. The number of nitrogens with zero attached hydrogens (tertiary/aromatic N) is 2. The molecule has 2 heterocycles. The Morgan fingerprint density at radius 1 is 1.21 bits per heavy atom. The van der Waals surface area contributed by atoms with Gasteiger partial charge in [0.2, 0.25) is 0 Å². The molecule has 1 fully saturated rings. The second-order valence-corrected chi connectivity index (χ2v) is 10.1.